The molecule has 0 aliphatic carbocycles. The lowest BCUT2D eigenvalue weighted by Gasteiger charge is -2.16. The van der Waals surface area contributed by atoms with Gasteiger partial charge in [0.2, 0.25) is 0 Å². The highest BCUT2D eigenvalue weighted by Gasteiger charge is 2.17. The second-order valence-corrected chi connectivity index (χ2v) is 5.14. The van der Waals surface area contributed by atoms with Gasteiger partial charge in [0.25, 0.3) is 0 Å². The minimum absolute atomic E-state index is 0.135. The van der Waals surface area contributed by atoms with Crippen LogP contribution in [0.1, 0.15) is 20.8 Å². The van der Waals surface area contributed by atoms with Gasteiger partial charge in [0, 0.05) is 0 Å². The second kappa shape index (κ2) is 6.93. The van der Waals surface area contributed by atoms with Crippen molar-refractivity contribution in [1.29, 1.82) is 0 Å². The lowest BCUT2D eigenvalue weighted by molar-refractivity contribution is -0.154. The molecule has 0 fully saturated rings. The first-order valence-corrected chi connectivity index (χ1v) is 7.09. The van der Waals surface area contributed by atoms with E-state index in [0.717, 1.165) is 11.1 Å². The number of ether oxygens (including phenoxy) is 2. The first-order valence-electron chi connectivity index (χ1n) is 7.09. The van der Waals surface area contributed by atoms with Crippen molar-refractivity contribution in [3.63, 3.8) is 0 Å². The zero-order valence-electron chi connectivity index (χ0n) is 12.6. The number of rotatable bonds is 5. The van der Waals surface area contributed by atoms with E-state index in [1.165, 1.54) is 0 Å². The fourth-order valence-corrected chi connectivity index (χ4v) is 1.94. The summed E-state index contributed by atoms with van der Waals surface area (Å²) in [7, 11) is 0. The first-order chi connectivity index (χ1) is 10.1. The third kappa shape index (κ3) is 4.35. The average molecular weight is 284 g/mol. The summed E-state index contributed by atoms with van der Waals surface area (Å²) < 4.78 is 10.7. The molecule has 110 valence electrons. The molecule has 0 bridgehead atoms. The molecule has 3 heteroatoms. The van der Waals surface area contributed by atoms with Crippen LogP contribution in [0.25, 0.3) is 11.1 Å². The van der Waals surface area contributed by atoms with Crippen LogP contribution in [0, 0.1) is 0 Å². The van der Waals surface area contributed by atoms with Crippen molar-refractivity contribution in [1.82, 2.24) is 0 Å². The van der Waals surface area contributed by atoms with Crippen LogP contribution in [0.2, 0.25) is 0 Å². The largest absolute Gasteiger partial charge is 0.479 e. The Bertz CT molecular complexity index is 573. The standard InChI is InChI=1S/C18H20O3/c1-13(2)20-18(19)14(3)21-17-11-9-16(10-12-17)15-7-5-4-6-8-15/h4-14H,1-3H3/t14-/m1/s1. The Morgan fingerprint density at radius 2 is 1.43 bits per heavy atom. The Balaban J connectivity index is 2.01. The van der Waals surface area contributed by atoms with Crippen LogP contribution in [0.5, 0.6) is 5.75 Å². The Morgan fingerprint density at radius 3 is 2.00 bits per heavy atom. The highest BCUT2D eigenvalue weighted by molar-refractivity contribution is 5.74. The van der Waals surface area contributed by atoms with Gasteiger partial charge in [-0.3, -0.25) is 0 Å². The lowest BCUT2D eigenvalue weighted by Crippen LogP contribution is -2.28. The lowest BCUT2D eigenvalue weighted by atomic mass is 10.1. The van der Waals surface area contributed by atoms with Crippen molar-refractivity contribution in [2.75, 3.05) is 0 Å². The second-order valence-electron chi connectivity index (χ2n) is 5.14. The van der Waals surface area contributed by atoms with Gasteiger partial charge in [0.15, 0.2) is 6.10 Å². The highest BCUT2D eigenvalue weighted by Crippen LogP contribution is 2.22. The summed E-state index contributed by atoms with van der Waals surface area (Å²) in [5, 5.41) is 0. The number of carbonyl (C=O) groups is 1. The molecule has 2 aromatic rings. The molecule has 0 amide bonds. The Labute approximate surface area is 125 Å². The van der Waals surface area contributed by atoms with Gasteiger partial charge >= 0.3 is 5.97 Å². The van der Waals surface area contributed by atoms with E-state index in [0.29, 0.717) is 5.75 Å². The molecule has 0 saturated carbocycles. The third-order valence-electron chi connectivity index (χ3n) is 2.96. The van der Waals surface area contributed by atoms with Crippen molar-refractivity contribution in [3.05, 3.63) is 54.6 Å². The Hall–Kier alpha value is -2.29. The average Bonchev–Trinajstić information content (AvgIpc) is 2.48. The first kappa shape index (κ1) is 15.1. The van der Waals surface area contributed by atoms with Gasteiger partial charge in [-0.15, -0.1) is 0 Å². The number of carbonyl (C=O) groups excluding carboxylic acids is 1. The van der Waals surface area contributed by atoms with Gasteiger partial charge in [-0.1, -0.05) is 42.5 Å². The van der Waals surface area contributed by atoms with Crippen molar-refractivity contribution in [3.8, 4) is 16.9 Å². The van der Waals surface area contributed by atoms with E-state index in [1.807, 2.05) is 56.3 Å². The summed E-state index contributed by atoms with van der Waals surface area (Å²) in [5.74, 6) is 0.306. The molecule has 1 atom stereocenters. The summed E-state index contributed by atoms with van der Waals surface area (Å²) in [4.78, 5) is 11.7. The number of esters is 1. The van der Waals surface area contributed by atoms with Crippen LogP contribution in [0.3, 0.4) is 0 Å². The van der Waals surface area contributed by atoms with Gasteiger partial charge in [-0.25, -0.2) is 4.79 Å². The molecular weight excluding hydrogens is 264 g/mol. The molecule has 2 aromatic carbocycles. The van der Waals surface area contributed by atoms with Crippen LogP contribution in [-0.2, 0) is 9.53 Å². The van der Waals surface area contributed by atoms with Gasteiger partial charge in [0.05, 0.1) is 6.10 Å². The molecule has 0 radical (unpaired) electrons. The quantitative estimate of drug-likeness (QED) is 0.776. The van der Waals surface area contributed by atoms with Gasteiger partial charge < -0.3 is 9.47 Å². The molecule has 0 aliphatic heterocycles. The van der Waals surface area contributed by atoms with E-state index >= 15 is 0 Å². The van der Waals surface area contributed by atoms with Gasteiger partial charge in [-0.2, -0.15) is 0 Å². The van der Waals surface area contributed by atoms with Crippen LogP contribution in [0.4, 0.5) is 0 Å². The number of hydrogen-bond acceptors (Lipinski definition) is 3. The van der Waals surface area contributed by atoms with E-state index in [9.17, 15) is 4.79 Å². The molecule has 21 heavy (non-hydrogen) atoms. The smallest absolute Gasteiger partial charge is 0.347 e. The van der Waals surface area contributed by atoms with Crippen LogP contribution >= 0.6 is 0 Å². The van der Waals surface area contributed by atoms with E-state index < -0.39 is 6.10 Å². The number of benzene rings is 2. The third-order valence-corrected chi connectivity index (χ3v) is 2.96. The fraction of sp³-hybridized carbons (Fsp3) is 0.278. The molecule has 2 rings (SSSR count). The van der Waals surface area contributed by atoms with Gasteiger partial charge in [0.1, 0.15) is 5.75 Å². The van der Waals surface area contributed by atoms with Crippen LogP contribution in [-0.4, -0.2) is 18.2 Å². The zero-order chi connectivity index (χ0) is 15.2. The van der Waals surface area contributed by atoms with Crippen molar-refractivity contribution in [2.45, 2.75) is 33.0 Å². The Morgan fingerprint density at radius 1 is 0.857 bits per heavy atom. The van der Waals surface area contributed by atoms with Crippen LogP contribution < -0.4 is 4.74 Å². The number of hydrogen-bond donors (Lipinski definition) is 0. The monoisotopic (exact) mass is 284 g/mol. The van der Waals surface area contributed by atoms with Crippen molar-refractivity contribution < 1.29 is 14.3 Å². The highest BCUT2D eigenvalue weighted by atomic mass is 16.6. The van der Waals surface area contributed by atoms with Crippen LogP contribution in [0.15, 0.2) is 54.6 Å². The molecule has 0 spiro atoms. The van der Waals surface area contributed by atoms with E-state index in [2.05, 4.69) is 12.1 Å². The SMILES string of the molecule is CC(C)OC(=O)[C@@H](C)Oc1ccc(-c2ccccc2)cc1. The van der Waals surface area contributed by atoms with E-state index in [1.54, 1.807) is 6.92 Å². The molecule has 0 aliphatic rings. The topological polar surface area (TPSA) is 35.5 Å². The molecule has 3 nitrogen and oxygen atoms in total. The maximum absolute atomic E-state index is 11.7. The predicted octanol–water partition coefficient (Wildman–Crippen LogP) is 4.07. The maximum Gasteiger partial charge on any atom is 0.347 e. The zero-order valence-corrected chi connectivity index (χ0v) is 12.6. The minimum Gasteiger partial charge on any atom is -0.479 e. The molecular formula is C18H20O3. The summed E-state index contributed by atoms with van der Waals surface area (Å²) >= 11 is 0. The predicted molar refractivity (Wildman–Crippen MR) is 83.2 cm³/mol. The molecule has 0 unspecified atom stereocenters. The molecule has 0 saturated heterocycles. The van der Waals surface area contributed by atoms with Crippen molar-refractivity contribution >= 4 is 5.97 Å². The molecule has 0 heterocycles. The van der Waals surface area contributed by atoms with Crippen molar-refractivity contribution in [2.24, 2.45) is 0 Å². The maximum atomic E-state index is 11.7. The minimum atomic E-state index is -0.616. The fourth-order valence-electron chi connectivity index (χ4n) is 1.94. The van der Waals surface area contributed by atoms with E-state index in [4.69, 9.17) is 9.47 Å². The summed E-state index contributed by atoms with van der Waals surface area (Å²) in [6.07, 6.45) is -0.751. The normalized spacial score (nSPS) is 12.0. The summed E-state index contributed by atoms with van der Waals surface area (Å²) in [6.45, 7) is 5.33. The summed E-state index contributed by atoms with van der Waals surface area (Å²) in [5.41, 5.74) is 2.26. The van der Waals surface area contributed by atoms with Gasteiger partial charge in [-0.05, 0) is 44.0 Å². The molecule has 0 aromatic heterocycles. The molecule has 0 N–H and O–H groups in total. The Kier molecular flexibility index (Phi) is 4.99. The van der Waals surface area contributed by atoms with E-state index in [-0.39, 0.29) is 12.1 Å². The summed E-state index contributed by atoms with van der Waals surface area (Å²) in [6, 6.07) is 17.8.